The maximum absolute atomic E-state index is 5.08. The van der Waals surface area contributed by atoms with E-state index in [0.29, 0.717) is 17.8 Å². The molecule has 0 heterocycles. The van der Waals surface area contributed by atoms with E-state index < -0.39 is 0 Å². The van der Waals surface area contributed by atoms with Crippen LogP contribution >= 0.6 is 0 Å². The molecule has 3 unspecified atom stereocenters. The Morgan fingerprint density at radius 3 is 1.89 bits per heavy atom. The first kappa shape index (κ1) is 16.6. The van der Waals surface area contributed by atoms with Gasteiger partial charge in [-0.2, -0.15) is 0 Å². The van der Waals surface area contributed by atoms with E-state index in [1.54, 1.807) is 7.11 Å². The summed E-state index contributed by atoms with van der Waals surface area (Å²) in [4.78, 5) is 5.08. The van der Waals surface area contributed by atoms with E-state index in [2.05, 4.69) is 91.8 Å². The highest BCUT2D eigenvalue weighted by Gasteiger charge is 2.76. The highest BCUT2D eigenvalue weighted by molar-refractivity contribution is 5.76. The molecule has 3 aliphatic rings. The van der Waals surface area contributed by atoms with Crippen LogP contribution in [-0.4, -0.2) is 13.3 Å². The first-order valence-corrected chi connectivity index (χ1v) is 9.73. The Morgan fingerprint density at radius 2 is 1.37 bits per heavy atom. The molecule has 2 aromatic rings. The quantitative estimate of drug-likeness (QED) is 0.495. The van der Waals surface area contributed by atoms with Crippen LogP contribution in [0.4, 0.5) is 0 Å². The Labute approximate surface area is 161 Å². The lowest BCUT2D eigenvalue weighted by Crippen LogP contribution is -2.25. The molecule has 2 nitrogen and oxygen atoms in total. The monoisotopic (exact) mass is 355 g/mol. The van der Waals surface area contributed by atoms with Gasteiger partial charge in [0.2, 0.25) is 0 Å². The van der Waals surface area contributed by atoms with Crippen LogP contribution < -0.4 is 0 Å². The van der Waals surface area contributed by atoms with Crippen molar-refractivity contribution < 1.29 is 4.84 Å². The summed E-state index contributed by atoms with van der Waals surface area (Å²) in [6, 6.07) is 17.6. The first-order valence-electron chi connectivity index (χ1n) is 9.73. The maximum Gasteiger partial charge on any atom is 0.106 e. The molecule has 0 spiro atoms. The molecule has 3 aliphatic carbocycles. The van der Waals surface area contributed by atoms with Crippen LogP contribution in [0.3, 0.4) is 0 Å². The number of hydrogen-bond acceptors (Lipinski definition) is 2. The second-order valence-electron chi connectivity index (χ2n) is 8.50. The van der Waals surface area contributed by atoms with Crippen molar-refractivity contribution in [3.63, 3.8) is 0 Å². The van der Waals surface area contributed by atoms with Gasteiger partial charge in [-0.1, -0.05) is 91.8 Å². The first-order chi connectivity index (χ1) is 13.1. The summed E-state index contributed by atoms with van der Waals surface area (Å²) in [6.07, 6.45) is 11.5. The molecule has 2 heteroatoms. The molecule has 136 valence electrons. The molecule has 1 saturated carbocycles. The molecule has 27 heavy (non-hydrogen) atoms. The Hall–Kier alpha value is -2.61. The van der Waals surface area contributed by atoms with Crippen molar-refractivity contribution in [1.82, 2.24) is 0 Å². The molecular weight excluding hydrogens is 330 g/mol. The largest absolute Gasteiger partial charge is 0.399 e. The molecule has 0 saturated heterocycles. The summed E-state index contributed by atoms with van der Waals surface area (Å²) < 4.78 is 0. The minimum atomic E-state index is 0.0568. The van der Waals surface area contributed by atoms with Gasteiger partial charge in [0.05, 0.1) is 0 Å². The van der Waals surface area contributed by atoms with E-state index >= 15 is 0 Å². The zero-order valence-corrected chi connectivity index (χ0v) is 16.1. The van der Waals surface area contributed by atoms with Crippen molar-refractivity contribution >= 4 is 18.4 Å². The number of benzene rings is 2. The minimum absolute atomic E-state index is 0.0568. The number of rotatable bonds is 4. The highest BCUT2D eigenvalue weighted by atomic mass is 16.6. The SMILES string of the molecule is CO/N=C/C1C(C)(C)C1(C1C=Cc2ccccc21)C1C=Cc2ccccc21. The average molecular weight is 355 g/mol. The van der Waals surface area contributed by atoms with Gasteiger partial charge in [-0.05, 0) is 27.7 Å². The second-order valence-corrected chi connectivity index (χ2v) is 8.50. The Morgan fingerprint density at radius 1 is 0.852 bits per heavy atom. The van der Waals surface area contributed by atoms with Crippen LogP contribution in [0.15, 0.2) is 65.8 Å². The third-order valence-electron chi connectivity index (χ3n) is 7.27. The normalized spacial score (nSPS) is 31.9. The summed E-state index contributed by atoms with van der Waals surface area (Å²) in [6.45, 7) is 4.78. The predicted molar refractivity (Wildman–Crippen MR) is 112 cm³/mol. The molecular formula is C25H25NO. The van der Waals surface area contributed by atoms with Gasteiger partial charge >= 0.3 is 0 Å². The molecule has 0 N–H and O–H groups in total. The zero-order valence-electron chi connectivity index (χ0n) is 16.1. The lowest BCUT2D eigenvalue weighted by Gasteiger charge is -2.33. The van der Waals surface area contributed by atoms with Crippen LogP contribution in [-0.2, 0) is 4.84 Å². The molecule has 0 amide bonds. The maximum atomic E-state index is 5.08. The van der Waals surface area contributed by atoms with E-state index in [9.17, 15) is 0 Å². The Bertz CT molecular complexity index is 920. The topological polar surface area (TPSA) is 21.6 Å². The van der Waals surface area contributed by atoms with Crippen molar-refractivity contribution in [2.75, 3.05) is 7.11 Å². The number of oxime groups is 1. The van der Waals surface area contributed by atoms with Crippen molar-refractivity contribution in [3.8, 4) is 0 Å². The van der Waals surface area contributed by atoms with Crippen LogP contribution in [0.1, 0.15) is 47.9 Å². The fourth-order valence-electron chi connectivity index (χ4n) is 6.02. The Kier molecular flexibility index (Phi) is 3.49. The van der Waals surface area contributed by atoms with E-state index in [0.717, 1.165) is 0 Å². The second kappa shape index (κ2) is 5.69. The average Bonchev–Trinajstić information content (AvgIpc) is 3.09. The third kappa shape index (κ3) is 2.04. The smallest absolute Gasteiger partial charge is 0.106 e. The number of allylic oxidation sites excluding steroid dienone is 2. The summed E-state index contributed by atoms with van der Waals surface area (Å²) in [5, 5.41) is 4.21. The van der Waals surface area contributed by atoms with Gasteiger partial charge in [0, 0.05) is 29.4 Å². The molecule has 2 aromatic carbocycles. The molecule has 0 aliphatic heterocycles. The molecule has 0 bridgehead atoms. The standard InChI is InChI=1S/C25H25NO/c1-24(2)23(16-26-27-3)25(24,21-14-12-17-8-4-6-10-19(17)21)22-15-13-18-9-5-7-11-20(18)22/h4-16,21-23H,1-3H3/b26-16+. The zero-order chi connectivity index (χ0) is 18.6. The van der Waals surface area contributed by atoms with Crippen molar-refractivity contribution in [2.24, 2.45) is 21.9 Å². The fraction of sp³-hybridized carbons (Fsp3) is 0.320. The summed E-state index contributed by atoms with van der Waals surface area (Å²) in [5.74, 6) is 1.10. The van der Waals surface area contributed by atoms with E-state index in [1.807, 2.05) is 6.21 Å². The fourth-order valence-corrected chi connectivity index (χ4v) is 6.02. The van der Waals surface area contributed by atoms with Gasteiger partial charge in [0.25, 0.3) is 0 Å². The van der Waals surface area contributed by atoms with Crippen LogP contribution in [0.5, 0.6) is 0 Å². The molecule has 3 atom stereocenters. The molecule has 5 rings (SSSR count). The van der Waals surface area contributed by atoms with Gasteiger partial charge in [-0.3, -0.25) is 0 Å². The lowest BCUT2D eigenvalue weighted by molar-refractivity contribution is 0.213. The van der Waals surface area contributed by atoms with Crippen molar-refractivity contribution in [2.45, 2.75) is 25.7 Å². The van der Waals surface area contributed by atoms with Crippen molar-refractivity contribution in [3.05, 3.63) is 82.9 Å². The van der Waals surface area contributed by atoms with E-state index in [1.165, 1.54) is 22.3 Å². The molecule has 0 aromatic heterocycles. The Balaban J connectivity index is 1.69. The van der Waals surface area contributed by atoms with Crippen molar-refractivity contribution in [1.29, 1.82) is 0 Å². The molecule has 0 radical (unpaired) electrons. The van der Waals surface area contributed by atoms with Gasteiger partial charge in [-0.15, -0.1) is 0 Å². The summed E-state index contributed by atoms with van der Waals surface area (Å²) in [5.41, 5.74) is 5.76. The van der Waals surface area contributed by atoms with Crippen LogP contribution in [0.2, 0.25) is 0 Å². The predicted octanol–water partition coefficient (Wildman–Crippen LogP) is 5.88. The van der Waals surface area contributed by atoms with Gasteiger partial charge in [0.1, 0.15) is 7.11 Å². The van der Waals surface area contributed by atoms with E-state index in [-0.39, 0.29) is 10.8 Å². The third-order valence-corrected chi connectivity index (χ3v) is 7.27. The summed E-state index contributed by atoms with van der Waals surface area (Å²) >= 11 is 0. The van der Waals surface area contributed by atoms with Crippen LogP contribution in [0.25, 0.3) is 12.2 Å². The minimum Gasteiger partial charge on any atom is -0.399 e. The number of fused-ring (bicyclic) bond motifs is 2. The number of hydrogen-bond donors (Lipinski definition) is 0. The number of nitrogens with zero attached hydrogens (tertiary/aromatic N) is 1. The van der Waals surface area contributed by atoms with Crippen LogP contribution in [0, 0.1) is 16.7 Å². The molecule has 1 fully saturated rings. The lowest BCUT2D eigenvalue weighted by atomic mass is 9.69. The summed E-state index contributed by atoms with van der Waals surface area (Å²) in [7, 11) is 1.63. The van der Waals surface area contributed by atoms with Gasteiger partial charge in [0.15, 0.2) is 0 Å². The van der Waals surface area contributed by atoms with E-state index in [4.69, 9.17) is 4.84 Å². The highest BCUT2D eigenvalue weighted by Crippen LogP contribution is 2.80. The van der Waals surface area contributed by atoms with Gasteiger partial charge < -0.3 is 4.84 Å². The van der Waals surface area contributed by atoms with Gasteiger partial charge in [-0.25, -0.2) is 0 Å².